The lowest BCUT2D eigenvalue weighted by Crippen LogP contribution is -2.49. The molecule has 4 rings (SSSR count). The molecule has 0 atom stereocenters. The van der Waals surface area contributed by atoms with Gasteiger partial charge in [-0.15, -0.1) is 15.3 Å². The summed E-state index contributed by atoms with van der Waals surface area (Å²) in [5.74, 6) is 6.82. The number of rotatable bonds is 3. The highest BCUT2D eigenvalue weighted by Crippen LogP contribution is 2.15. The van der Waals surface area contributed by atoms with E-state index in [4.69, 9.17) is 5.73 Å². The standard InChI is InChI=1S/C20H21N7O/c21-9-1-2-16-3-5-17(6-4-16)14-20(28)26-12-10-25(11-13-26)19-8-7-18-23-22-15-27(18)24-19/h3-8,15H,9-14,21H2. The molecule has 8 nitrogen and oxygen atoms in total. The molecule has 0 spiro atoms. The zero-order chi connectivity index (χ0) is 19.3. The second-order valence-corrected chi connectivity index (χ2v) is 6.57. The monoisotopic (exact) mass is 375 g/mol. The topological polar surface area (TPSA) is 92.7 Å². The molecule has 1 aliphatic heterocycles. The maximum absolute atomic E-state index is 12.6. The van der Waals surface area contributed by atoms with E-state index in [2.05, 4.69) is 32.0 Å². The summed E-state index contributed by atoms with van der Waals surface area (Å²) in [7, 11) is 0. The Labute approximate surface area is 163 Å². The number of hydrogen-bond donors (Lipinski definition) is 1. The van der Waals surface area contributed by atoms with Gasteiger partial charge in [-0.2, -0.15) is 4.52 Å². The Morgan fingerprint density at radius 1 is 1.07 bits per heavy atom. The molecule has 3 aromatic rings. The zero-order valence-electron chi connectivity index (χ0n) is 15.5. The fraction of sp³-hybridized carbons (Fsp3) is 0.300. The Morgan fingerprint density at radius 2 is 1.86 bits per heavy atom. The molecule has 0 unspecified atom stereocenters. The summed E-state index contributed by atoms with van der Waals surface area (Å²) < 4.78 is 1.66. The molecule has 0 saturated carbocycles. The van der Waals surface area contributed by atoms with Crippen molar-refractivity contribution in [2.45, 2.75) is 6.42 Å². The third-order valence-electron chi connectivity index (χ3n) is 4.75. The minimum Gasteiger partial charge on any atom is -0.352 e. The summed E-state index contributed by atoms with van der Waals surface area (Å²) in [4.78, 5) is 16.7. The van der Waals surface area contributed by atoms with Gasteiger partial charge < -0.3 is 15.5 Å². The molecule has 2 aromatic heterocycles. The van der Waals surface area contributed by atoms with Gasteiger partial charge in [-0.05, 0) is 29.8 Å². The maximum Gasteiger partial charge on any atom is 0.227 e. The van der Waals surface area contributed by atoms with Crippen molar-refractivity contribution in [3.63, 3.8) is 0 Å². The van der Waals surface area contributed by atoms with E-state index in [1.54, 1.807) is 10.8 Å². The summed E-state index contributed by atoms with van der Waals surface area (Å²) in [6.45, 7) is 3.20. The minimum atomic E-state index is 0.141. The highest BCUT2D eigenvalue weighted by atomic mass is 16.2. The van der Waals surface area contributed by atoms with Gasteiger partial charge in [0, 0.05) is 31.7 Å². The van der Waals surface area contributed by atoms with Crippen molar-refractivity contribution in [3.8, 4) is 11.8 Å². The Hall–Kier alpha value is -3.44. The van der Waals surface area contributed by atoms with E-state index >= 15 is 0 Å². The van der Waals surface area contributed by atoms with Crippen LogP contribution in [0.25, 0.3) is 5.65 Å². The molecule has 0 aliphatic carbocycles. The number of hydrogen-bond acceptors (Lipinski definition) is 6. The van der Waals surface area contributed by atoms with Crippen LogP contribution >= 0.6 is 0 Å². The third-order valence-corrected chi connectivity index (χ3v) is 4.75. The van der Waals surface area contributed by atoms with E-state index in [9.17, 15) is 4.79 Å². The van der Waals surface area contributed by atoms with E-state index < -0.39 is 0 Å². The number of fused-ring (bicyclic) bond motifs is 1. The van der Waals surface area contributed by atoms with Gasteiger partial charge in [0.2, 0.25) is 5.91 Å². The first kappa shape index (κ1) is 17.9. The van der Waals surface area contributed by atoms with Gasteiger partial charge in [-0.3, -0.25) is 4.79 Å². The zero-order valence-corrected chi connectivity index (χ0v) is 15.5. The van der Waals surface area contributed by atoms with Crippen molar-refractivity contribution in [2.75, 3.05) is 37.6 Å². The van der Waals surface area contributed by atoms with Crippen LogP contribution in [0.1, 0.15) is 11.1 Å². The van der Waals surface area contributed by atoms with E-state index in [0.29, 0.717) is 26.1 Å². The molecule has 2 N–H and O–H groups in total. The SMILES string of the molecule is NCC#Cc1ccc(CC(=O)N2CCN(c3ccc4nncn4n3)CC2)cc1. The second-order valence-electron chi connectivity index (χ2n) is 6.57. The molecule has 1 aromatic carbocycles. The molecular formula is C20H21N7O. The van der Waals surface area contributed by atoms with E-state index in [1.165, 1.54) is 0 Å². The van der Waals surface area contributed by atoms with Crippen LogP contribution in [-0.4, -0.2) is 63.3 Å². The van der Waals surface area contributed by atoms with Crippen LogP contribution in [0.5, 0.6) is 0 Å². The fourth-order valence-corrected chi connectivity index (χ4v) is 3.22. The molecular weight excluding hydrogens is 354 g/mol. The van der Waals surface area contributed by atoms with E-state index in [0.717, 1.165) is 35.7 Å². The van der Waals surface area contributed by atoms with Gasteiger partial charge in [-0.1, -0.05) is 24.0 Å². The first-order valence-corrected chi connectivity index (χ1v) is 9.20. The Morgan fingerprint density at radius 3 is 2.61 bits per heavy atom. The van der Waals surface area contributed by atoms with Crippen molar-refractivity contribution >= 4 is 17.4 Å². The van der Waals surface area contributed by atoms with Crippen molar-refractivity contribution < 1.29 is 4.79 Å². The first-order chi connectivity index (χ1) is 13.7. The average molecular weight is 375 g/mol. The summed E-state index contributed by atoms with van der Waals surface area (Å²) in [5, 5.41) is 12.3. The number of nitrogens with zero attached hydrogens (tertiary/aromatic N) is 6. The third kappa shape index (κ3) is 3.94. The largest absolute Gasteiger partial charge is 0.352 e. The average Bonchev–Trinajstić information content (AvgIpc) is 3.21. The second kappa shape index (κ2) is 8.06. The van der Waals surface area contributed by atoms with Crippen molar-refractivity contribution in [1.82, 2.24) is 24.7 Å². The number of carbonyl (C=O) groups is 1. The summed E-state index contributed by atoms with van der Waals surface area (Å²) >= 11 is 0. The van der Waals surface area contributed by atoms with E-state index in [-0.39, 0.29) is 5.91 Å². The van der Waals surface area contributed by atoms with Crippen LogP contribution in [0.15, 0.2) is 42.7 Å². The molecule has 0 bridgehead atoms. The van der Waals surface area contributed by atoms with Gasteiger partial charge in [0.15, 0.2) is 5.65 Å². The smallest absolute Gasteiger partial charge is 0.227 e. The maximum atomic E-state index is 12.6. The minimum absolute atomic E-state index is 0.141. The van der Waals surface area contributed by atoms with Gasteiger partial charge in [0.1, 0.15) is 12.1 Å². The van der Waals surface area contributed by atoms with Crippen LogP contribution in [0.3, 0.4) is 0 Å². The van der Waals surface area contributed by atoms with Crippen LogP contribution in [0, 0.1) is 11.8 Å². The molecule has 8 heteroatoms. The predicted octanol–water partition coefficient (Wildman–Crippen LogP) is 0.326. The van der Waals surface area contributed by atoms with Crippen LogP contribution < -0.4 is 10.6 Å². The molecule has 1 amide bonds. The van der Waals surface area contributed by atoms with Crippen LogP contribution in [-0.2, 0) is 11.2 Å². The van der Waals surface area contributed by atoms with Gasteiger partial charge in [0.25, 0.3) is 0 Å². The Kier molecular flexibility index (Phi) is 5.17. The lowest BCUT2D eigenvalue weighted by atomic mass is 10.1. The number of nitrogens with two attached hydrogens (primary N) is 1. The highest BCUT2D eigenvalue weighted by Gasteiger charge is 2.22. The van der Waals surface area contributed by atoms with Gasteiger partial charge >= 0.3 is 0 Å². The first-order valence-electron chi connectivity index (χ1n) is 9.20. The molecule has 1 saturated heterocycles. The highest BCUT2D eigenvalue weighted by molar-refractivity contribution is 5.79. The van der Waals surface area contributed by atoms with Crippen molar-refractivity contribution in [1.29, 1.82) is 0 Å². The van der Waals surface area contributed by atoms with Crippen LogP contribution in [0.2, 0.25) is 0 Å². The Balaban J connectivity index is 1.33. The lowest BCUT2D eigenvalue weighted by Gasteiger charge is -2.35. The molecule has 28 heavy (non-hydrogen) atoms. The number of carbonyl (C=O) groups excluding carboxylic acids is 1. The summed E-state index contributed by atoms with van der Waals surface area (Å²) in [5.41, 5.74) is 8.00. The summed E-state index contributed by atoms with van der Waals surface area (Å²) in [6, 6.07) is 11.6. The fourth-order valence-electron chi connectivity index (χ4n) is 3.22. The predicted molar refractivity (Wildman–Crippen MR) is 106 cm³/mol. The number of piperazine rings is 1. The normalized spacial score (nSPS) is 14.0. The van der Waals surface area contributed by atoms with Crippen molar-refractivity contribution in [2.24, 2.45) is 5.73 Å². The lowest BCUT2D eigenvalue weighted by molar-refractivity contribution is -0.130. The number of benzene rings is 1. The van der Waals surface area contributed by atoms with Crippen molar-refractivity contribution in [3.05, 3.63) is 53.9 Å². The molecule has 142 valence electrons. The molecule has 1 aliphatic rings. The molecule has 0 radical (unpaired) electrons. The number of aromatic nitrogens is 4. The molecule has 1 fully saturated rings. The Bertz CT molecular complexity index is 1020. The molecule has 3 heterocycles. The van der Waals surface area contributed by atoms with Crippen LogP contribution in [0.4, 0.5) is 5.82 Å². The van der Waals surface area contributed by atoms with Gasteiger partial charge in [-0.25, -0.2) is 0 Å². The quantitative estimate of drug-likeness (QED) is 0.663. The number of anilines is 1. The number of amides is 1. The van der Waals surface area contributed by atoms with Gasteiger partial charge in [0.05, 0.1) is 13.0 Å². The van der Waals surface area contributed by atoms with E-state index in [1.807, 2.05) is 41.3 Å². The summed E-state index contributed by atoms with van der Waals surface area (Å²) in [6.07, 6.45) is 1.99.